The molecule has 6 aromatic rings. The van der Waals surface area contributed by atoms with E-state index < -0.39 is 29.8 Å². The van der Waals surface area contributed by atoms with Crippen molar-refractivity contribution in [3.05, 3.63) is 210 Å². The van der Waals surface area contributed by atoms with E-state index in [1.165, 1.54) is 18.2 Å². The summed E-state index contributed by atoms with van der Waals surface area (Å²) >= 11 is 0. The SMILES string of the molecule is C=CC(=O)OCCCCCCOc1ccc(C(=O)Oc2ccc(OC(=O)c3ccc(OCCCCCCOC(=O)C=C)cc3)c(C(=O)Nc3ccc(C#Cc4ccc(C#Cc5ccccc5)cc4)cc3)c2)cc1. The molecule has 12 heteroatoms. The van der Waals surface area contributed by atoms with Gasteiger partial charge < -0.3 is 33.7 Å². The second-order valence-corrected chi connectivity index (χ2v) is 16.2. The summed E-state index contributed by atoms with van der Waals surface area (Å²) in [7, 11) is 0. The Bertz CT molecular complexity index is 2940. The molecule has 0 aliphatic carbocycles. The van der Waals surface area contributed by atoms with Crippen LogP contribution in [0.4, 0.5) is 5.69 Å². The van der Waals surface area contributed by atoms with Crippen LogP contribution in [0, 0.1) is 23.7 Å². The molecule has 0 heterocycles. The van der Waals surface area contributed by atoms with Crippen molar-refractivity contribution in [3.63, 3.8) is 0 Å². The number of unbranched alkanes of at least 4 members (excludes halogenated alkanes) is 6. The number of ether oxygens (including phenoxy) is 6. The maximum atomic E-state index is 14.0. The molecule has 6 aromatic carbocycles. The Morgan fingerprint density at radius 3 is 1.32 bits per heavy atom. The Balaban J connectivity index is 1.07. The van der Waals surface area contributed by atoms with Gasteiger partial charge in [0.2, 0.25) is 0 Å². The molecule has 0 saturated carbocycles. The van der Waals surface area contributed by atoms with Crippen LogP contribution in [0.3, 0.4) is 0 Å². The number of esters is 4. The third-order valence-corrected chi connectivity index (χ3v) is 10.7. The summed E-state index contributed by atoms with van der Waals surface area (Å²) in [5, 5.41) is 2.85. The standard InChI is InChI=1S/C61H55NO11/c1-3-57(63)70-42-14-7-5-12-40-68-52-34-28-49(29-35-52)60(66)72-54-38-39-56(73-61(67)50-30-36-53(37-31-50)69-41-13-6-8-15-43-71-58(64)4-2)55(44-54)59(65)62-51-32-26-48(27-33-51)25-24-47-22-20-46(21-23-47)19-18-45-16-10-9-11-17-45/h3-4,9-11,16-17,20-23,26-39,44H,1-2,5-8,12-15,40-43H2,(H,62,65). The van der Waals surface area contributed by atoms with Gasteiger partial charge in [-0.25, -0.2) is 19.2 Å². The second kappa shape index (κ2) is 29.1. The maximum Gasteiger partial charge on any atom is 0.343 e. The molecule has 73 heavy (non-hydrogen) atoms. The van der Waals surface area contributed by atoms with Crippen molar-refractivity contribution in [1.29, 1.82) is 0 Å². The zero-order valence-corrected chi connectivity index (χ0v) is 40.4. The average Bonchev–Trinajstić information content (AvgIpc) is 3.42. The molecule has 0 unspecified atom stereocenters. The second-order valence-electron chi connectivity index (χ2n) is 16.2. The van der Waals surface area contributed by atoms with E-state index in [1.54, 1.807) is 72.8 Å². The van der Waals surface area contributed by atoms with Gasteiger partial charge in [-0.2, -0.15) is 0 Å². The Kier molecular flexibility index (Phi) is 21.3. The van der Waals surface area contributed by atoms with Crippen LogP contribution in [0.15, 0.2) is 171 Å². The minimum absolute atomic E-state index is 0.0362. The number of nitrogens with one attached hydrogen (secondary N) is 1. The Hall–Kier alpha value is -9.13. The first kappa shape index (κ1) is 53.2. The fraction of sp³-hybridized carbons (Fsp3) is 0.197. The summed E-state index contributed by atoms with van der Waals surface area (Å²) in [6, 6.07) is 41.4. The van der Waals surface area contributed by atoms with Crippen molar-refractivity contribution in [2.24, 2.45) is 0 Å². The number of carbonyl (C=O) groups is 5. The monoisotopic (exact) mass is 977 g/mol. The van der Waals surface area contributed by atoms with E-state index in [9.17, 15) is 24.0 Å². The lowest BCUT2D eigenvalue weighted by Crippen LogP contribution is -2.17. The summed E-state index contributed by atoms with van der Waals surface area (Å²) in [6.45, 7) is 8.39. The first-order valence-corrected chi connectivity index (χ1v) is 23.9. The van der Waals surface area contributed by atoms with E-state index in [1.807, 2.05) is 54.6 Å². The van der Waals surface area contributed by atoms with E-state index in [0.717, 1.165) is 80.2 Å². The van der Waals surface area contributed by atoms with E-state index >= 15 is 0 Å². The Labute approximate surface area is 425 Å². The number of amides is 1. The van der Waals surface area contributed by atoms with Crippen molar-refractivity contribution in [3.8, 4) is 46.7 Å². The van der Waals surface area contributed by atoms with Gasteiger partial charge in [-0.05, 0) is 179 Å². The van der Waals surface area contributed by atoms with Gasteiger partial charge in [0, 0.05) is 40.1 Å². The highest BCUT2D eigenvalue weighted by atomic mass is 16.5. The molecule has 0 aromatic heterocycles. The zero-order chi connectivity index (χ0) is 51.5. The highest BCUT2D eigenvalue weighted by molar-refractivity contribution is 6.07. The molecule has 0 fully saturated rings. The Morgan fingerprint density at radius 2 is 0.849 bits per heavy atom. The van der Waals surface area contributed by atoms with Crippen LogP contribution < -0.4 is 24.3 Å². The van der Waals surface area contributed by atoms with Gasteiger partial charge in [-0.1, -0.05) is 55.0 Å². The molecule has 0 saturated heterocycles. The zero-order valence-electron chi connectivity index (χ0n) is 40.4. The lowest BCUT2D eigenvalue weighted by Gasteiger charge is -2.13. The van der Waals surface area contributed by atoms with Crippen LogP contribution in [-0.2, 0) is 19.1 Å². The molecule has 0 radical (unpaired) electrons. The lowest BCUT2D eigenvalue weighted by molar-refractivity contribution is -0.138. The van der Waals surface area contributed by atoms with E-state index in [-0.39, 0.29) is 28.2 Å². The lowest BCUT2D eigenvalue weighted by atomic mass is 10.1. The number of benzene rings is 6. The first-order valence-electron chi connectivity index (χ1n) is 23.9. The van der Waals surface area contributed by atoms with E-state index in [4.69, 9.17) is 28.4 Å². The highest BCUT2D eigenvalue weighted by Gasteiger charge is 2.20. The van der Waals surface area contributed by atoms with Crippen molar-refractivity contribution in [1.82, 2.24) is 0 Å². The number of rotatable bonds is 24. The fourth-order valence-electron chi connectivity index (χ4n) is 6.78. The van der Waals surface area contributed by atoms with Gasteiger partial charge in [0.25, 0.3) is 5.91 Å². The normalized spacial score (nSPS) is 10.2. The molecular formula is C61H55NO11. The average molecular weight is 978 g/mol. The quantitative estimate of drug-likeness (QED) is 0.0203. The predicted molar refractivity (Wildman–Crippen MR) is 279 cm³/mol. The van der Waals surface area contributed by atoms with Gasteiger partial charge in [0.05, 0.1) is 43.1 Å². The van der Waals surface area contributed by atoms with Crippen LogP contribution in [-0.4, -0.2) is 56.2 Å². The third-order valence-electron chi connectivity index (χ3n) is 10.7. The molecular weight excluding hydrogens is 923 g/mol. The van der Waals surface area contributed by atoms with Gasteiger partial charge in [0.15, 0.2) is 0 Å². The molecule has 1 amide bonds. The number of anilines is 1. The number of hydrogen-bond acceptors (Lipinski definition) is 11. The van der Waals surface area contributed by atoms with Crippen LogP contribution >= 0.6 is 0 Å². The topological polar surface area (TPSA) is 153 Å². The van der Waals surface area contributed by atoms with Crippen LogP contribution in [0.1, 0.15) is 105 Å². The summed E-state index contributed by atoms with van der Waals surface area (Å²) in [4.78, 5) is 63.1. The minimum atomic E-state index is -0.728. The van der Waals surface area contributed by atoms with Crippen molar-refractivity contribution >= 4 is 35.5 Å². The highest BCUT2D eigenvalue weighted by Crippen LogP contribution is 2.28. The van der Waals surface area contributed by atoms with Crippen molar-refractivity contribution in [2.45, 2.75) is 51.4 Å². The third kappa shape index (κ3) is 18.6. The van der Waals surface area contributed by atoms with Crippen LogP contribution in [0.5, 0.6) is 23.0 Å². The van der Waals surface area contributed by atoms with Crippen molar-refractivity contribution in [2.75, 3.05) is 31.7 Å². The fourth-order valence-corrected chi connectivity index (χ4v) is 6.78. The van der Waals surface area contributed by atoms with Gasteiger partial charge >= 0.3 is 23.9 Å². The molecule has 1 N–H and O–H groups in total. The van der Waals surface area contributed by atoms with E-state index in [0.29, 0.717) is 49.2 Å². The smallest absolute Gasteiger partial charge is 0.343 e. The maximum absolute atomic E-state index is 14.0. The van der Waals surface area contributed by atoms with Crippen molar-refractivity contribution < 1.29 is 52.4 Å². The molecule has 0 aliphatic rings. The number of hydrogen-bond donors (Lipinski definition) is 1. The Morgan fingerprint density at radius 1 is 0.438 bits per heavy atom. The largest absolute Gasteiger partial charge is 0.494 e. The molecule has 0 aliphatic heterocycles. The molecule has 0 bridgehead atoms. The van der Waals surface area contributed by atoms with Gasteiger partial charge in [-0.3, -0.25) is 4.79 Å². The molecule has 0 spiro atoms. The predicted octanol–water partition coefficient (Wildman–Crippen LogP) is 11.5. The van der Waals surface area contributed by atoms with Gasteiger partial charge in [-0.15, -0.1) is 0 Å². The van der Waals surface area contributed by atoms with Gasteiger partial charge in [0.1, 0.15) is 23.0 Å². The van der Waals surface area contributed by atoms with Crippen LogP contribution in [0.25, 0.3) is 0 Å². The molecule has 0 atom stereocenters. The number of carbonyl (C=O) groups excluding carboxylic acids is 5. The summed E-state index contributed by atoms with van der Waals surface area (Å²) < 4.78 is 33.1. The summed E-state index contributed by atoms with van der Waals surface area (Å²) in [6.07, 6.45) is 8.90. The molecule has 370 valence electrons. The minimum Gasteiger partial charge on any atom is -0.494 e. The summed E-state index contributed by atoms with van der Waals surface area (Å²) in [5.41, 5.74) is 4.16. The summed E-state index contributed by atoms with van der Waals surface area (Å²) in [5.74, 6) is 10.8. The van der Waals surface area contributed by atoms with E-state index in [2.05, 4.69) is 42.2 Å². The first-order chi connectivity index (χ1) is 35.6. The molecule has 12 nitrogen and oxygen atoms in total. The molecule has 6 rings (SSSR count). The van der Waals surface area contributed by atoms with Crippen LogP contribution in [0.2, 0.25) is 0 Å².